The third-order valence-corrected chi connectivity index (χ3v) is 3.73. The lowest BCUT2D eigenvalue weighted by molar-refractivity contribution is -0.394. The van der Waals surface area contributed by atoms with Crippen LogP contribution in [0, 0.1) is 32.1 Å². The molecule has 2 unspecified atom stereocenters. The van der Waals surface area contributed by atoms with Gasteiger partial charge in [0.1, 0.15) is 0 Å². The summed E-state index contributed by atoms with van der Waals surface area (Å²) in [6, 6.07) is 3.05. The predicted molar refractivity (Wildman–Crippen MR) is 78.6 cm³/mol. The Morgan fingerprint density at radius 2 is 1.50 bits per heavy atom. The lowest BCUT2D eigenvalue weighted by atomic mass is 9.91. The molecule has 0 radical (unpaired) electrons. The number of hydrogen-bond acceptors (Lipinski definition) is 5. The highest BCUT2D eigenvalue weighted by molar-refractivity contribution is 5.95. The van der Waals surface area contributed by atoms with Crippen molar-refractivity contribution in [3.8, 4) is 0 Å². The van der Waals surface area contributed by atoms with Crippen molar-refractivity contribution in [3.63, 3.8) is 0 Å². The number of benzene rings is 1. The number of nitrogens with zero attached hydrogens (tertiary/aromatic N) is 3. The molecule has 2 rings (SSSR count). The summed E-state index contributed by atoms with van der Waals surface area (Å²) in [6.45, 7) is 5.18. The van der Waals surface area contributed by atoms with Crippen LogP contribution in [0.2, 0.25) is 0 Å². The van der Waals surface area contributed by atoms with Gasteiger partial charge in [-0.25, -0.2) is 0 Å². The van der Waals surface area contributed by atoms with Crippen molar-refractivity contribution in [2.45, 2.75) is 20.3 Å². The Labute approximate surface area is 127 Å². The lowest BCUT2D eigenvalue weighted by Gasteiger charge is -2.35. The maximum absolute atomic E-state index is 12.5. The van der Waals surface area contributed by atoms with Crippen LogP contribution in [0.15, 0.2) is 18.2 Å². The van der Waals surface area contributed by atoms with Gasteiger partial charge in [0.2, 0.25) is 0 Å². The summed E-state index contributed by atoms with van der Waals surface area (Å²) in [7, 11) is 0. The fraction of sp³-hybridized carbons (Fsp3) is 0.500. The molecule has 1 aromatic carbocycles. The van der Waals surface area contributed by atoms with Gasteiger partial charge in [-0.3, -0.25) is 25.0 Å². The van der Waals surface area contributed by atoms with E-state index in [1.807, 2.05) is 13.8 Å². The monoisotopic (exact) mass is 307 g/mol. The smallest absolute Gasteiger partial charge is 0.277 e. The van der Waals surface area contributed by atoms with Gasteiger partial charge >= 0.3 is 0 Å². The van der Waals surface area contributed by atoms with Gasteiger partial charge in [0, 0.05) is 25.2 Å². The first kappa shape index (κ1) is 15.9. The van der Waals surface area contributed by atoms with Crippen molar-refractivity contribution >= 4 is 17.3 Å². The van der Waals surface area contributed by atoms with Crippen molar-refractivity contribution < 1.29 is 14.6 Å². The molecule has 1 aromatic rings. The average molecular weight is 307 g/mol. The molecule has 8 heteroatoms. The lowest BCUT2D eigenvalue weighted by Crippen LogP contribution is -2.42. The molecule has 0 saturated carbocycles. The van der Waals surface area contributed by atoms with Gasteiger partial charge in [0.25, 0.3) is 17.3 Å². The summed E-state index contributed by atoms with van der Waals surface area (Å²) in [4.78, 5) is 34.5. The Bertz CT molecular complexity index is 589. The molecule has 8 nitrogen and oxygen atoms in total. The van der Waals surface area contributed by atoms with E-state index < -0.39 is 27.1 Å². The molecule has 0 aliphatic carbocycles. The van der Waals surface area contributed by atoms with Gasteiger partial charge in [-0.05, 0) is 18.3 Å². The number of hydrogen-bond donors (Lipinski definition) is 0. The van der Waals surface area contributed by atoms with Gasteiger partial charge < -0.3 is 4.90 Å². The summed E-state index contributed by atoms with van der Waals surface area (Å²) in [6.07, 6.45) is 1.01. The number of piperidine rings is 1. The van der Waals surface area contributed by atoms with E-state index in [0.717, 1.165) is 24.6 Å². The highest BCUT2D eigenvalue weighted by Crippen LogP contribution is 2.26. The predicted octanol–water partition coefficient (Wildman–Crippen LogP) is 2.62. The molecule has 1 aliphatic rings. The van der Waals surface area contributed by atoms with Crippen molar-refractivity contribution in [1.29, 1.82) is 0 Å². The maximum Gasteiger partial charge on any atom is 0.277 e. The van der Waals surface area contributed by atoms with E-state index in [9.17, 15) is 25.0 Å². The van der Waals surface area contributed by atoms with Crippen LogP contribution in [0.1, 0.15) is 30.6 Å². The van der Waals surface area contributed by atoms with Crippen molar-refractivity contribution in [2.24, 2.45) is 11.8 Å². The van der Waals surface area contributed by atoms with E-state index in [4.69, 9.17) is 0 Å². The zero-order valence-corrected chi connectivity index (χ0v) is 12.4. The Morgan fingerprint density at radius 1 is 1.05 bits per heavy atom. The zero-order chi connectivity index (χ0) is 16.4. The average Bonchev–Trinajstić information content (AvgIpc) is 2.44. The molecule has 0 bridgehead atoms. The highest BCUT2D eigenvalue weighted by atomic mass is 16.6. The molecule has 1 heterocycles. The largest absolute Gasteiger partial charge is 0.338 e. The summed E-state index contributed by atoms with van der Waals surface area (Å²) in [5.74, 6) is 0.271. The number of nitro benzene ring substituents is 2. The van der Waals surface area contributed by atoms with E-state index in [1.54, 1.807) is 4.90 Å². The molecule has 1 fully saturated rings. The summed E-state index contributed by atoms with van der Waals surface area (Å²) < 4.78 is 0. The van der Waals surface area contributed by atoms with E-state index >= 15 is 0 Å². The van der Waals surface area contributed by atoms with E-state index in [0.29, 0.717) is 24.9 Å². The third-order valence-electron chi connectivity index (χ3n) is 3.73. The first-order chi connectivity index (χ1) is 10.3. The van der Waals surface area contributed by atoms with Crippen LogP contribution in [-0.2, 0) is 0 Å². The number of non-ortho nitro benzene ring substituents is 2. The number of nitro groups is 2. The molecule has 22 heavy (non-hydrogen) atoms. The number of likely N-dealkylation sites (tertiary alicyclic amines) is 1. The van der Waals surface area contributed by atoms with Crippen LogP contribution in [-0.4, -0.2) is 33.7 Å². The van der Waals surface area contributed by atoms with Crippen molar-refractivity contribution in [1.82, 2.24) is 4.90 Å². The Balaban J connectivity index is 2.36. The number of amides is 1. The van der Waals surface area contributed by atoms with Gasteiger partial charge in [0.05, 0.1) is 21.5 Å². The second kappa shape index (κ2) is 6.08. The highest BCUT2D eigenvalue weighted by Gasteiger charge is 2.28. The third kappa shape index (κ3) is 3.38. The molecule has 1 aliphatic heterocycles. The molecule has 118 valence electrons. The minimum atomic E-state index is -0.731. The first-order valence-electron chi connectivity index (χ1n) is 7.01. The van der Waals surface area contributed by atoms with Gasteiger partial charge in [-0.15, -0.1) is 0 Å². The van der Waals surface area contributed by atoms with Crippen LogP contribution in [0.25, 0.3) is 0 Å². The first-order valence-corrected chi connectivity index (χ1v) is 7.01. The zero-order valence-electron chi connectivity index (χ0n) is 12.4. The number of carbonyl (C=O) groups is 1. The van der Waals surface area contributed by atoms with Gasteiger partial charge in [-0.2, -0.15) is 0 Å². The Morgan fingerprint density at radius 3 is 1.91 bits per heavy atom. The van der Waals surface area contributed by atoms with Crippen molar-refractivity contribution in [2.75, 3.05) is 13.1 Å². The molecular weight excluding hydrogens is 290 g/mol. The molecule has 0 N–H and O–H groups in total. The van der Waals surface area contributed by atoms with Crippen LogP contribution >= 0.6 is 0 Å². The van der Waals surface area contributed by atoms with E-state index in [2.05, 4.69) is 0 Å². The molecule has 1 amide bonds. The van der Waals surface area contributed by atoms with E-state index in [1.165, 1.54) is 0 Å². The molecule has 2 atom stereocenters. The number of rotatable bonds is 3. The van der Waals surface area contributed by atoms with Gasteiger partial charge in [-0.1, -0.05) is 13.8 Å². The minimum Gasteiger partial charge on any atom is -0.338 e. The Hall–Kier alpha value is -2.51. The van der Waals surface area contributed by atoms with E-state index in [-0.39, 0.29) is 5.56 Å². The quantitative estimate of drug-likeness (QED) is 0.630. The summed E-state index contributed by atoms with van der Waals surface area (Å²) in [5.41, 5.74) is -0.909. The second-order valence-corrected chi connectivity index (χ2v) is 5.91. The topological polar surface area (TPSA) is 107 Å². The number of carbonyl (C=O) groups excluding carboxylic acids is 1. The molecule has 1 saturated heterocycles. The standard InChI is InChI=1S/C14H17N3O5/c1-9-3-10(2)8-15(7-9)14(18)11-4-12(16(19)20)6-13(5-11)17(21)22/h4-6,9-10H,3,7-8H2,1-2H3. The second-order valence-electron chi connectivity index (χ2n) is 5.91. The van der Waals surface area contributed by atoms with Crippen LogP contribution in [0.5, 0.6) is 0 Å². The molecule has 0 spiro atoms. The van der Waals surface area contributed by atoms with Crippen LogP contribution in [0.3, 0.4) is 0 Å². The molecule has 0 aromatic heterocycles. The minimum absolute atomic E-state index is 0.0119. The molecular formula is C14H17N3O5. The SMILES string of the molecule is CC1CC(C)CN(C(=O)c2cc([N+](=O)[O-])cc([N+](=O)[O-])c2)C1. The fourth-order valence-corrected chi connectivity index (χ4v) is 2.94. The van der Waals surface area contributed by atoms with Crippen molar-refractivity contribution in [3.05, 3.63) is 44.0 Å². The summed E-state index contributed by atoms with van der Waals surface area (Å²) >= 11 is 0. The van der Waals surface area contributed by atoms with Gasteiger partial charge in [0.15, 0.2) is 0 Å². The van der Waals surface area contributed by atoms with Crippen LogP contribution < -0.4 is 0 Å². The Kier molecular flexibility index (Phi) is 4.39. The summed E-state index contributed by atoms with van der Waals surface area (Å²) in [5, 5.41) is 21.8. The maximum atomic E-state index is 12.5. The van der Waals surface area contributed by atoms with Crippen LogP contribution in [0.4, 0.5) is 11.4 Å². The normalized spacial score (nSPS) is 21.5. The fourth-order valence-electron chi connectivity index (χ4n) is 2.94.